The molecule has 3 fully saturated rings. The number of imide groups is 1. The highest BCUT2D eigenvalue weighted by molar-refractivity contribution is 6.07. The van der Waals surface area contributed by atoms with E-state index in [1.807, 2.05) is 35.2 Å². The molecule has 5 heteroatoms. The van der Waals surface area contributed by atoms with Gasteiger partial charge in [-0.1, -0.05) is 43.2 Å². The number of benzene rings is 1. The second kappa shape index (κ2) is 6.62. The Bertz CT molecular complexity index is 663. The molecule has 0 spiro atoms. The van der Waals surface area contributed by atoms with Gasteiger partial charge in [-0.05, 0) is 31.2 Å². The van der Waals surface area contributed by atoms with Crippen molar-refractivity contribution in [1.29, 1.82) is 0 Å². The maximum atomic E-state index is 12.9. The quantitative estimate of drug-likeness (QED) is 0.795. The van der Waals surface area contributed by atoms with Crippen molar-refractivity contribution in [1.82, 2.24) is 9.80 Å². The predicted molar refractivity (Wildman–Crippen MR) is 92.3 cm³/mol. The standard InChI is InChI=1S/C20H24N2O3/c23-18(21-12-6-11-17(21)14-7-2-1-3-8-14)13-22-19(24)15-9-4-5-10-16(15)20(22)25/h1-3,7-8,15-17H,4-6,9-13H2/t15-,16-,17+/m1/s1. The molecule has 132 valence electrons. The second-order valence-corrected chi connectivity index (χ2v) is 7.42. The van der Waals surface area contributed by atoms with Crippen molar-refractivity contribution in [3.8, 4) is 0 Å². The third kappa shape index (κ3) is 2.86. The summed E-state index contributed by atoms with van der Waals surface area (Å²) in [5, 5.41) is 0. The number of nitrogens with zero attached hydrogens (tertiary/aromatic N) is 2. The van der Waals surface area contributed by atoms with Crippen LogP contribution < -0.4 is 0 Å². The van der Waals surface area contributed by atoms with Gasteiger partial charge in [0.2, 0.25) is 17.7 Å². The van der Waals surface area contributed by atoms with Crippen LogP contribution in [0.2, 0.25) is 0 Å². The molecule has 1 saturated carbocycles. The van der Waals surface area contributed by atoms with Gasteiger partial charge in [0.15, 0.2) is 0 Å². The first-order valence-corrected chi connectivity index (χ1v) is 9.36. The highest BCUT2D eigenvalue weighted by Gasteiger charge is 2.49. The normalized spacial score (nSPS) is 29.2. The van der Waals surface area contributed by atoms with Crippen LogP contribution in [0.4, 0.5) is 0 Å². The summed E-state index contributed by atoms with van der Waals surface area (Å²) in [7, 11) is 0. The van der Waals surface area contributed by atoms with E-state index in [-0.39, 0.29) is 42.1 Å². The van der Waals surface area contributed by atoms with E-state index in [0.29, 0.717) is 6.54 Å². The van der Waals surface area contributed by atoms with Crippen molar-refractivity contribution in [3.63, 3.8) is 0 Å². The topological polar surface area (TPSA) is 57.7 Å². The zero-order valence-electron chi connectivity index (χ0n) is 14.4. The first-order chi connectivity index (χ1) is 12.2. The van der Waals surface area contributed by atoms with Crippen molar-refractivity contribution in [2.24, 2.45) is 11.8 Å². The maximum Gasteiger partial charge on any atom is 0.243 e. The lowest BCUT2D eigenvalue weighted by molar-refractivity contribution is -0.147. The average molecular weight is 340 g/mol. The molecule has 2 aliphatic heterocycles. The Morgan fingerprint density at radius 2 is 1.56 bits per heavy atom. The Labute approximate surface area is 148 Å². The monoisotopic (exact) mass is 340 g/mol. The fourth-order valence-corrected chi connectivity index (χ4v) is 4.70. The van der Waals surface area contributed by atoms with E-state index in [1.165, 1.54) is 4.90 Å². The molecular formula is C20H24N2O3. The second-order valence-electron chi connectivity index (χ2n) is 7.42. The summed E-state index contributed by atoms with van der Waals surface area (Å²) in [5.41, 5.74) is 1.13. The van der Waals surface area contributed by atoms with Gasteiger partial charge in [-0.2, -0.15) is 0 Å². The molecule has 1 aliphatic carbocycles. The molecule has 1 aromatic carbocycles. The Morgan fingerprint density at radius 3 is 2.20 bits per heavy atom. The minimum atomic E-state index is -0.183. The van der Waals surface area contributed by atoms with Crippen LogP contribution in [0.5, 0.6) is 0 Å². The molecule has 0 bridgehead atoms. The summed E-state index contributed by atoms with van der Waals surface area (Å²) >= 11 is 0. The van der Waals surface area contributed by atoms with Gasteiger partial charge in [-0.15, -0.1) is 0 Å². The van der Waals surface area contributed by atoms with Gasteiger partial charge in [0.1, 0.15) is 6.54 Å². The Morgan fingerprint density at radius 1 is 0.920 bits per heavy atom. The molecule has 0 aromatic heterocycles. The molecule has 5 nitrogen and oxygen atoms in total. The number of carbonyl (C=O) groups is 3. The van der Waals surface area contributed by atoms with Gasteiger partial charge >= 0.3 is 0 Å². The lowest BCUT2D eigenvalue weighted by Crippen LogP contribution is -2.43. The molecular weight excluding hydrogens is 316 g/mol. The van der Waals surface area contributed by atoms with E-state index in [0.717, 1.165) is 44.1 Å². The Hall–Kier alpha value is -2.17. The third-order valence-corrected chi connectivity index (χ3v) is 5.98. The van der Waals surface area contributed by atoms with Crippen molar-refractivity contribution in [2.45, 2.75) is 44.6 Å². The van der Waals surface area contributed by atoms with Crippen LogP contribution in [0, 0.1) is 11.8 Å². The number of carbonyl (C=O) groups excluding carboxylic acids is 3. The van der Waals surface area contributed by atoms with E-state index in [9.17, 15) is 14.4 Å². The van der Waals surface area contributed by atoms with Crippen molar-refractivity contribution in [2.75, 3.05) is 13.1 Å². The highest BCUT2D eigenvalue weighted by Crippen LogP contribution is 2.38. The minimum Gasteiger partial charge on any atom is -0.334 e. The largest absolute Gasteiger partial charge is 0.334 e. The van der Waals surface area contributed by atoms with Gasteiger partial charge < -0.3 is 4.90 Å². The SMILES string of the molecule is O=C1[C@@H]2CCCC[C@H]2C(=O)N1CC(=O)N1CCC[C@H]1c1ccccc1. The lowest BCUT2D eigenvalue weighted by Gasteiger charge is -2.27. The molecule has 2 heterocycles. The predicted octanol–water partition coefficient (Wildman–Crippen LogP) is 2.53. The first-order valence-electron chi connectivity index (χ1n) is 9.36. The Kier molecular flexibility index (Phi) is 4.32. The molecule has 3 aliphatic rings. The van der Waals surface area contributed by atoms with Crippen molar-refractivity contribution < 1.29 is 14.4 Å². The van der Waals surface area contributed by atoms with Gasteiger partial charge in [-0.25, -0.2) is 0 Å². The molecule has 3 atom stereocenters. The lowest BCUT2D eigenvalue weighted by atomic mass is 9.81. The van der Waals surface area contributed by atoms with Crippen LogP contribution in [0.3, 0.4) is 0 Å². The first kappa shape index (κ1) is 16.3. The zero-order chi connectivity index (χ0) is 17.4. The van der Waals surface area contributed by atoms with E-state index in [4.69, 9.17) is 0 Å². The summed E-state index contributed by atoms with van der Waals surface area (Å²) in [6, 6.07) is 10.1. The molecule has 3 amide bonds. The van der Waals surface area contributed by atoms with E-state index in [2.05, 4.69) is 0 Å². The molecule has 4 rings (SSSR count). The summed E-state index contributed by atoms with van der Waals surface area (Å²) in [6.07, 6.45) is 5.47. The summed E-state index contributed by atoms with van der Waals surface area (Å²) in [6.45, 7) is 0.607. The van der Waals surface area contributed by atoms with Crippen molar-refractivity contribution >= 4 is 17.7 Å². The molecule has 2 saturated heterocycles. The number of hydrogen-bond acceptors (Lipinski definition) is 3. The number of rotatable bonds is 3. The van der Waals surface area contributed by atoms with Gasteiger partial charge in [0.05, 0.1) is 17.9 Å². The van der Waals surface area contributed by atoms with Crippen LogP contribution in [-0.4, -0.2) is 40.6 Å². The number of amides is 3. The van der Waals surface area contributed by atoms with Crippen LogP contribution in [0.25, 0.3) is 0 Å². The molecule has 1 aromatic rings. The maximum absolute atomic E-state index is 12.9. The summed E-state index contributed by atoms with van der Waals surface area (Å²) in [4.78, 5) is 41.1. The average Bonchev–Trinajstić information content (AvgIpc) is 3.23. The smallest absolute Gasteiger partial charge is 0.243 e. The van der Waals surface area contributed by atoms with Crippen LogP contribution in [0.1, 0.15) is 50.1 Å². The van der Waals surface area contributed by atoms with Gasteiger partial charge in [-0.3, -0.25) is 19.3 Å². The number of fused-ring (bicyclic) bond motifs is 1. The highest BCUT2D eigenvalue weighted by atomic mass is 16.2. The van der Waals surface area contributed by atoms with Gasteiger partial charge in [0.25, 0.3) is 0 Å². The minimum absolute atomic E-state index is 0.0591. The fourth-order valence-electron chi connectivity index (χ4n) is 4.70. The summed E-state index contributed by atoms with van der Waals surface area (Å²) in [5.74, 6) is -0.723. The van der Waals surface area contributed by atoms with E-state index in [1.54, 1.807) is 0 Å². The summed E-state index contributed by atoms with van der Waals surface area (Å²) < 4.78 is 0. The molecule has 0 unspecified atom stereocenters. The van der Waals surface area contributed by atoms with E-state index >= 15 is 0 Å². The Balaban J connectivity index is 1.48. The zero-order valence-corrected chi connectivity index (χ0v) is 14.4. The molecule has 25 heavy (non-hydrogen) atoms. The van der Waals surface area contributed by atoms with Crippen LogP contribution in [-0.2, 0) is 14.4 Å². The molecule has 0 N–H and O–H groups in total. The third-order valence-electron chi connectivity index (χ3n) is 5.98. The van der Waals surface area contributed by atoms with Crippen LogP contribution >= 0.6 is 0 Å². The van der Waals surface area contributed by atoms with Crippen molar-refractivity contribution in [3.05, 3.63) is 35.9 Å². The molecule has 0 radical (unpaired) electrons. The fraction of sp³-hybridized carbons (Fsp3) is 0.550. The van der Waals surface area contributed by atoms with E-state index < -0.39 is 0 Å². The van der Waals surface area contributed by atoms with Gasteiger partial charge in [0, 0.05) is 6.54 Å². The number of likely N-dealkylation sites (tertiary alicyclic amines) is 2. The van der Waals surface area contributed by atoms with Crippen LogP contribution in [0.15, 0.2) is 30.3 Å². The number of hydrogen-bond donors (Lipinski definition) is 0.